The van der Waals surface area contributed by atoms with Crippen LogP contribution in [-0.4, -0.2) is 120 Å². The van der Waals surface area contributed by atoms with Crippen LogP contribution in [0.25, 0.3) is 0 Å². The van der Waals surface area contributed by atoms with E-state index in [0.717, 1.165) is 0 Å². The average Bonchev–Trinajstić information content (AvgIpc) is 2.54. The summed E-state index contributed by atoms with van der Waals surface area (Å²) in [5.74, 6) is 0. The quantitative estimate of drug-likeness (QED) is 0.236. The van der Waals surface area contributed by atoms with Crippen molar-refractivity contribution in [2.45, 2.75) is 67.3 Å². The Bertz CT molecular complexity index is 377. The smallest absolute Gasteiger partial charge is 0.187 e. The molecule has 23 heavy (non-hydrogen) atoms. The standard InChI is InChI=1S/C12H22O11/c13-1-2-3(14)4(15)10(21)12(22-2)23-11-8(19)6(17)5(16)7(18)9(11)20/h2-21H,1H2/t2-,3+,4-,5?,6+,7+,8+,9+,10-,11?,12-/m0/s1. The highest BCUT2D eigenvalue weighted by molar-refractivity contribution is 5.00. The van der Waals surface area contributed by atoms with Crippen LogP contribution in [0.1, 0.15) is 0 Å². The fourth-order valence-corrected chi connectivity index (χ4v) is 2.69. The van der Waals surface area contributed by atoms with Gasteiger partial charge in [0, 0.05) is 0 Å². The molecule has 0 aromatic heterocycles. The second-order valence-corrected chi connectivity index (χ2v) is 5.75. The topological polar surface area (TPSA) is 201 Å². The first kappa shape index (κ1) is 18.9. The lowest BCUT2D eigenvalue weighted by molar-refractivity contribution is -0.339. The largest absolute Gasteiger partial charge is 0.394 e. The number of ether oxygens (including phenoxy) is 2. The molecule has 1 aliphatic carbocycles. The third kappa shape index (κ3) is 3.36. The van der Waals surface area contributed by atoms with Crippen LogP contribution in [0.15, 0.2) is 0 Å². The Morgan fingerprint density at radius 2 is 1.04 bits per heavy atom. The predicted molar refractivity (Wildman–Crippen MR) is 68.7 cm³/mol. The van der Waals surface area contributed by atoms with Gasteiger partial charge in [-0.3, -0.25) is 0 Å². The van der Waals surface area contributed by atoms with E-state index in [2.05, 4.69) is 0 Å². The summed E-state index contributed by atoms with van der Waals surface area (Å²) in [5, 5.41) is 86.6. The molecule has 0 radical (unpaired) electrons. The van der Waals surface area contributed by atoms with Crippen molar-refractivity contribution in [3.8, 4) is 0 Å². The van der Waals surface area contributed by atoms with Gasteiger partial charge in [0.15, 0.2) is 6.29 Å². The van der Waals surface area contributed by atoms with E-state index in [1.807, 2.05) is 0 Å². The molecule has 2 rings (SSSR count). The van der Waals surface area contributed by atoms with Crippen molar-refractivity contribution in [3.05, 3.63) is 0 Å². The summed E-state index contributed by atoms with van der Waals surface area (Å²) in [4.78, 5) is 0. The van der Waals surface area contributed by atoms with Crippen LogP contribution in [0, 0.1) is 0 Å². The molecule has 1 heterocycles. The minimum absolute atomic E-state index is 0.704. The molecule has 136 valence electrons. The maximum atomic E-state index is 9.85. The summed E-state index contributed by atoms with van der Waals surface area (Å²) < 4.78 is 10.2. The first-order chi connectivity index (χ1) is 10.7. The Morgan fingerprint density at radius 1 is 0.609 bits per heavy atom. The molecular formula is C12H22O11. The highest BCUT2D eigenvalue weighted by Gasteiger charge is 2.52. The zero-order valence-corrected chi connectivity index (χ0v) is 11.9. The number of aliphatic hydroxyl groups is 9. The molecule has 9 atom stereocenters. The summed E-state index contributed by atoms with van der Waals surface area (Å²) in [5.41, 5.74) is 0. The molecule has 2 aliphatic rings. The minimum atomic E-state index is -1.83. The SMILES string of the molecule is OC[C@@H]1O[C@@H](OC2[C@H](O)[C@H](O)C(O)[C@@H](O)[C@H]2O)[C@@H](O)[C@@H](O)[C@@H]1O. The molecule has 1 saturated carbocycles. The summed E-state index contributed by atoms with van der Waals surface area (Å²) in [6.07, 6.45) is -18.9. The van der Waals surface area contributed by atoms with E-state index >= 15 is 0 Å². The molecule has 1 saturated heterocycles. The van der Waals surface area contributed by atoms with Crippen LogP contribution in [0.5, 0.6) is 0 Å². The van der Waals surface area contributed by atoms with Crippen molar-refractivity contribution in [3.63, 3.8) is 0 Å². The lowest BCUT2D eigenvalue weighted by Crippen LogP contribution is -2.67. The number of aliphatic hydroxyl groups excluding tert-OH is 9. The molecular weight excluding hydrogens is 320 g/mol. The highest BCUT2D eigenvalue weighted by atomic mass is 16.7. The Labute approximate surface area is 130 Å². The Kier molecular flexibility index (Phi) is 5.92. The molecule has 0 unspecified atom stereocenters. The normalized spacial score (nSPS) is 54.9. The van der Waals surface area contributed by atoms with Crippen LogP contribution in [-0.2, 0) is 9.47 Å². The number of hydrogen-bond donors (Lipinski definition) is 9. The second kappa shape index (κ2) is 7.21. The van der Waals surface area contributed by atoms with Crippen molar-refractivity contribution < 1.29 is 55.4 Å². The molecule has 2 fully saturated rings. The molecule has 0 bridgehead atoms. The van der Waals surface area contributed by atoms with E-state index in [0.29, 0.717) is 0 Å². The van der Waals surface area contributed by atoms with Crippen molar-refractivity contribution >= 4 is 0 Å². The van der Waals surface area contributed by atoms with Crippen LogP contribution in [0.3, 0.4) is 0 Å². The van der Waals surface area contributed by atoms with Gasteiger partial charge >= 0.3 is 0 Å². The van der Waals surface area contributed by atoms with Gasteiger partial charge in [-0.2, -0.15) is 0 Å². The first-order valence-corrected chi connectivity index (χ1v) is 7.07. The van der Waals surface area contributed by atoms with Gasteiger partial charge in [0.2, 0.25) is 0 Å². The number of hydrogen-bond acceptors (Lipinski definition) is 11. The van der Waals surface area contributed by atoms with Gasteiger partial charge in [0.05, 0.1) is 6.61 Å². The van der Waals surface area contributed by atoms with Gasteiger partial charge in [-0.15, -0.1) is 0 Å². The van der Waals surface area contributed by atoms with Crippen molar-refractivity contribution in [2.24, 2.45) is 0 Å². The summed E-state index contributed by atoms with van der Waals surface area (Å²) >= 11 is 0. The van der Waals surface area contributed by atoms with Crippen molar-refractivity contribution in [1.29, 1.82) is 0 Å². The van der Waals surface area contributed by atoms with Gasteiger partial charge in [-0.1, -0.05) is 0 Å². The molecule has 0 aromatic rings. The zero-order chi connectivity index (χ0) is 17.5. The Balaban J connectivity index is 2.13. The maximum Gasteiger partial charge on any atom is 0.187 e. The predicted octanol–water partition coefficient (Wildman–Crippen LogP) is -6.01. The second-order valence-electron chi connectivity index (χ2n) is 5.75. The fraction of sp³-hybridized carbons (Fsp3) is 1.00. The Hall–Kier alpha value is -0.440. The molecule has 0 spiro atoms. The third-order valence-electron chi connectivity index (χ3n) is 4.21. The fourth-order valence-electron chi connectivity index (χ4n) is 2.69. The van der Waals surface area contributed by atoms with Gasteiger partial charge in [-0.25, -0.2) is 0 Å². The van der Waals surface area contributed by atoms with Crippen LogP contribution in [0.4, 0.5) is 0 Å². The molecule has 11 nitrogen and oxygen atoms in total. The van der Waals surface area contributed by atoms with E-state index in [1.165, 1.54) is 0 Å². The lowest BCUT2D eigenvalue weighted by atomic mass is 9.84. The van der Waals surface area contributed by atoms with Crippen LogP contribution in [0.2, 0.25) is 0 Å². The van der Waals surface area contributed by atoms with E-state index in [-0.39, 0.29) is 0 Å². The molecule has 0 amide bonds. The average molecular weight is 342 g/mol. The summed E-state index contributed by atoms with van der Waals surface area (Å²) in [7, 11) is 0. The number of rotatable bonds is 3. The monoisotopic (exact) mass is 342 g/mol. The molecule has 0 aromatic carbocycles. The van der Waals surface area contributed by atoms with Gasteiger partial charge in [0.25, 0.3) is 0 Å². The maximum absolute atomic E-state index is 9.85. The highest BCUT2D eigenvalue weighted by Crippen LogP contribution is 2.29. The van der Waals surface area contributed by atoms with Crippen molar-refractivity contribution in [2.75, 3.05) is 6.61 Å². The van der Waals surface area contributed by atoms with Gasteiger partial charge in [-0.05, 0) is 0 Å². The summed E-state index contributed by atoms with van der Waals surface area (Å²) in [6.45, 7) is -0.704. The molecule has 11 heteroatoms. The third-order valence-corrected chi connectivity index (χ3v) is 4.21. The van der Waals surface area contributed by atoms with E-state index in [1.54, 1.807) is 0 Å². The van der Waals surface area contributed by atoms with E-state index < -0.39 is 73.9 Å². The zero-order valence-electron chi connectivity index (χ0n) is 11.9. The van der Waals surface area contributed by atoms with Crippen LogP contribution >= 0.6 is 0 Å². The summed E-state index contributed by atoms with van der Waals surface area (Å²) in [6, 6.07) is 0. The van der Waals surface area contributed by atoms with E-state index in [9.17, 15) is 40.9 Å². The van der Waals surface area contributed by atoms with Crippen molar-refractivity contribution in [1.82, 2.24) is 0 Å². The molecule has 1 aliphatic heterocycles. The van der Waals surface area contributed by atoms with Gasteiger partial charge < -0.3 is 55.4 Å². The first-order valence-electron chi connectivity index (χ1n) is 7.07. The minimum Gasteiger partial charge on any atom is -0.394 e. The molecule has 9 N–H and O–H groups in total. The van der Waals surface area contributed by atoms with Gasteiger partial charge in [0.1, 0.15) is 61.0 Å². The lowest BCUT2D eigenvalue weighted by Gasteiger charge is -2.45. The van der Waals surface area contributed by atoms with E-state index in [4.69, 9.17) is 14.6 Å². The van der Waals surface area contributed by atoms with Crippen LogP contribution < -0.4 is 0 Å². The Morgan fingerprint density at radius 3 is 1.52 bits per heavy atom.